The number of anilines is 1. The standard InChI is InChI=1S/C12H19N3O2/c1-4-14-11-5-6-13-8-10(11)12(16)15-7-9(2)17-3/h5-6,8-9H,4,7H2,1-3H3,(H,13,14)(H,15,16). The smallest absolute Gasteiger partial charge is 0.255 e. The van der Waals surface area contributed by atoms with E-state index in [1.165, 1.54) is 0 Å². The molecule has 1 atom stereocenters. The van der Waals surface area contributed by atoms with Crippen LogP contribution in [0.1, 0.15) is 24.2 Å². The third-order valence-electron chi connectivity index (χ3n) is 2.39. The van der Waals surface area contributed by atoms with E-state index in [0.29, 0.717) is 12.1 Å². The number of methoxy groups -OCH3 is 1. The van der Waals surface area contributed by atoms with Crippen LogP contribution < -0.4 is 10.6 Å². The van der Waals surface area contributed by atoms with Crippen molar-refractivity contribution in [3.63, 3.8) is 0 Å². The van der Waals surface area contributed by atoms with Gasteiger partial charge >= 0.3 is 0 Å². The fourth-order valence-corrected chi connectivity index (χ4v) is 1.33. The highest BCUT2D eigenvalue weighted by Gasteiger charge is 2.11. The Labute approximate surface area is 102 Å². The average Bonchev–Trinajstić information content (AvgIpc) is 2.36. The molecule has 2 N–H and O–H groups in total. The van der Waals surface area contributed by atoms with Crippen LogP contribution in [-0.2, 0) is 4.74 Å². The molecule has 0 spiro atoms. The number of nitrogens with one attached hydrogen (secondary N) is 2. The Balaban J connectivity index is 2.67. The second-order valence-electron chi connectivity index (χ2n) is 3.71. The summed E-state index contributed by atoms with van der Waals surface area (Å²) in [4.78, 5) is 15.9. The van der Waals surface area contributed by atoms with Crippen LogP contribution in [-0.4, -0.2) is 37.2 Å². The summed E-state index contributed by atoms with van der Waals surface area (Å²) in [5.74, 6) is -0.141. The molecule has 0 saturated heterocycles. The molecule has 1 unspecified atom stereocenters. The minimum absolute atomic E-state index is 0.00166. The van der Waals surface area contributed by atoms with Gasteiger partial charge in [0.05, 0.1) is 17.4 Å². The topological polar surface area (TPSA) is 63.2 Å². The van der Waals surface area contributed by atoms with Crippen molar-refractivity contribution >= 4 is 11.6 Å². The van der Waals surface area contributed by atoms with Gasteiger partial charge in [-0.1, -0.05) is 0 Å². The molecule has 17 heavy (non-hydrogen) atoms. The first kappa shape index (κ1) is 13.4. The van der Waals surface area contributed by atoms with Crippen molar-refractivity contribution < 1.29 is 9.53 Å². The Kier molecular flexibility index (Phi) is 5.42. The van der Waals surface area contributed by atoms with Gasteiger partial charge in [0.2, 0.25) is 0 Å². The quantitative estimate of drug-likeness (QED) is 0.782. The first-order valence-electron chi connectivity index (χ1n) is 5.67. The molecule has 1 heterocycles. The molecule has 0 aromatic carbocycles. The zero-order chi connectivity index (χ0) is 12.7. The highest BCUT2D eigenvalue weighted by Crippen LogP contribution is 2.12. The molecular weight excluding hydrogens is 218 g/mol. The van der Waals surface area contributed by atoms with E-state index in [1.54, 1.807) is 25.6 Å². The van der Waals surface area contributed by atoms with E-state index in [0.717, 1.165) is 12.2 Å². The molecule has 0 bridgehead atoms. The number of amides is 1. The van der Waals surface area contributed by atoms with E-state index >= 15 is 0 Å². The number of nitrogens with zero attached hydrogens (tertiary/aromatic N) is 1. The van der Waals surface area contributed by atoms with Crippen LogP contribution in [0.3, 0.4) is 0 Å². The number of aromatic nitrogens is 1. The summed E-state index contributed by atoms with van der Waals surface area (Å²) in [6.45, 7) is 5.12. The SMILES string of the molecule is CCNc1ccncc1C(=O)NCC(C)OC. The van der Waals surface area contributed by atoms with Crippen molar-refractivity contribution in [1.82, 2.24) is 10.3 Å². The van der Waals surface area contributed by atoms with Gasteiger partial charge in [-0.05, 0) is 19.9 Å². The molecule has 5 heteroatoms. The lowest BCUT2D eigenvalue weighted by molar-refractivity contribution is 0.0871. The highest BCUT2D eigenvalue weighted by molar-refractivity contribution is 5.99. The van der Waals surface area contributed by atoms with Crippen LogP contribution in [0.25, 0.3) is 0 Å². The Morgan fingerprint density at radius 2 is 2.35 bits per heavy atom. The van der Waals surface area contributed by atoms with Crippen molar-refractivity contribution in [1.29, 1.82) is 0 Å². The summed E-state index contributed by atoms with van der Waals surface area (Å²) in [6.07, 6.45) is 3.22. The van der Waals surface area contributed by atoms with Crippen LogP contribution in [0.15, 0.2) is 18.5 Å². The minimum atomic E-state index is -0.141. The van der Waals surface area contributed by atoms with Crippen LogP contribution in [0, 0.1) is 0 Å². The second kappa shape index (κ2) is 6.85. The molecule has 0 aliphatic carbocycles. The summed E-state index contributed by atoms with van der Waals surface area (Å²) in [6, 6.07) is 1.79. The molecule has 0 aliphatic rings. The molecule has 5 nitrogen and oxygen atoms in total. The van der Waals surface area contributed by atoms with Crippen LogP contribution >= 0.6 is 0 Å². The lowest BCUT2D eigenvalue weighted by atomic mass is 10.2. The zero-order valence-corrected chi connectivity index (χ0v) is 10.5. The second-order valence-corrected chi connectivity index (χ2v) is 3.71. The fraction of sp³-hybridized carbons (Fsp3) is 0.500. The fourth-order valence-electron chi connectivity index (χ4n) is 1.33. The van der Waals surface area contributed by atoms with Crippen LogP contribution in [0.5, 0.6) is 0 Å². The van der Waals surface area contributed by atoms with Gasteiger partial charge in [-0.25, -0.2) is 0 Å². The van der Waals surface area contributed by atoms with Crippen LogP contribution in [0.2, 0.25) is 0 Å². The van der Waals surface area contributed by atoms with E-state index in [4.69, 9.17) is 4.74 Å². The van der Waals surface area contributed by atoms with Gasteiger partial charge in [0.15, 0.2) is 0 Å². The van der Waals surface area contributed by atoms with Gasteiger partial charge < -0.3 is 15.4 Å². The number of carbonyl (C=O) groups is 1. The minimum Gasteiger partial charge on any atom is -0.385 e. The Hall–Kier alpha value is -1.62. The van der Waals surface area contributed by atoms with E-state index in [1.807, 2.05) is 13.8 Å². The number of rotatable bonds is 6. The van der Waals surface area contributed by atoms with E-state index in [-0.39, 0.29) is 12.0 Å². The normalized spacial score (nSPS) is 11.9. The van der Waals surface area contributed by atoms with Gasteiger partial charge in [0, 0.05) is 32.6 Å². The van der Waals surface area contributed by atoms with Crippen molar-refractivity contribution in [2.24, 2.45) is 0 Å². The van der Waals surface area contributed by atoms with E-state index < -0.39 is 0 Å². The summed E-state index contributed by atoms with van der Waals surface area (Å²) in [5, 5.41) is 5.93. The predicted octanol–water partition coefficient (Wildman–Crippen LogP) is 1.28. The van der Waals surface area contributed by atoms with E-state index in [2.05, 4.69) is 15.6 Å². The van der Waals surface area contributed by atoms with Crippen molar-refractivity contribution in [3.8, 4) is 0 Å². The summed E-state index contributed by atoms with van der Waals surface area (Å²) < 4.78 is 5.07. The van der Waals surface area contributed by atoms with Gasteiger partial charge in [0.25, 0.3) is 5.91 Å². The van der Waals surface area contributed by atoms with Crippen molar-refractivity contribution in [2.75, 3.05) is 25.5 Å². The Morgan fingerprint density at radius 3 is 3.00 bits per heavy atom. The van der Waals surface area contributed by atoms with Gasteiger partial charge in [-0.2, -0.15) is 0 Å². The summed E-state index contributed by atoms with van der Waals surface area (Å²) >= 11 is 0. The highest BCUT2D eigenvalue weighted by atomic mass is 16.5. The number of hydrogen-bond acceptors (Lipinski definition) is 4. The Bertz CT molecular complexity index is 369. The lowest BCUT2D eigenvalue weighted by Crippen LogP contribution is -2.32. The molecule has 0 fully saturated rings. The number of pyridine rings is 1. The molecule has 0 saturated carbocycles. The molecule has 1 amide bonds. The maximum atomic E-state index is 11.9. The maximum Gasteiger partial charge on any atom is 0.255 e. The van der Waals surface area contributed by atoms with Crippen LogP contribution in [0.4, 0.5) is 5.69 Å². The number of carbonyl (C=O) groups excluding carboxylic acids is 1. The first-order valence-corrected chi connectivity index (χ1v) is 5.67. The molecule has 1 aromatic rings. The van der Waals surface area contributed by atoms with E-state index in [9.17, 15) is 4.79 Å². The first-order chi connectivity index (χ1) is 8.19. The van der Waals surface area contributed by atoms with Gasteiger partial charge in [-0.15, -0.1) is 0 Å². The number of hydrogen-bond donors (Lipinski definition) is 2. The zero-order valence-electron chi connectivity index (χ0n) is 10.5. The molecule has 94 valence electrons. The summed E-state index contributed by atoms with van der Waals surface area (Å²) in [7, 11) is 1.62. The third kappa shape index (κ3) is 4.03. The maximum absolute atomic E-state index is 11.9. The average molecular weight is 237 g/mol. The largest absolute Gasteiger partial charge is 0.385 e. The van der Waals surface area contributed by atoms with Crippen molar-refractivity contribution in [3.05, 3.63) is 24.0 Å². The summed E-state index contributed by atoms with van der Waals surface area (Å²) in [5.41, 5.74) is 1.35. The lowest BCUT2D eigenvalue weighted by Gasteiger charge is -2.13. The van der Waals surface area contributed by atoms with Gasteiger partial charge in [-0.3, -0.25) is 9.78 Å². The molecule has 1 rings (SSSR count). The molecule has 0 radical (unpaired) electrons. The number of ether oxygens (including phenoxy) is 1. The monoisotopic (exact) mass is 237 g/mol. The molecular formula is C12H19N3O2. The molecule has 1 aromatic heterocycles. The van der Waals surface area contributed by atoms with Crippen molar-refractivity contribution in [2.45, 2.75) is 20.0 Å². The Morgan fingerprint density at radius 1 is 1.59 bits per heavy atom. The predicted molar refractivity (Wildman–Crippen MR) is 67.2 cm³/mol. The molecule has 0 aliphatic heterocycles. The third-order valence-corrected chi connectivity index (χ3v) is 2.39. The van der Waals surface area contributed by atoms with Gasteiger partial charge in [0.1, 0.15) is 0 Å².